The van der Waals surface area contributed by atoms with Gasteiger partial charge in [0.15, 0.2) is 3.42 Å². The van der Waals surface area contributed by atoms with Gasteiger partial charge in [-0.3, -0.25) is 9.59 Å². The first-order chi connectivity index (χ1) is 10.5. The van der Waals surface area contributed by atoms with E-state index < -0.39 is 38.8 Å². The number of halogens is 1. The molecule has 0 saturated heterocycles. The molecule has 0 amide bonds. The Kier molecular flexibility index (Phi) is 5.56. The second kappa shape index (κ2) is 6.69. The molecule has 0 aromatic heterocycles. The Morgan fingerprint density at radius 3 is 1.91 bits per heavy atom. The van der Waals surface area contributed by atoms with Gasteiger partial charge in [0.1, 0.15) is 5.92 Å². The summed E-state index contributed by atoms with van der Waals surface area (Å²) in [5.41, 5.74) is -0.433. The molecule has 0 spiro atoms. The largest absolute Gasteiger partial charge is 0.480 e. The molecule has 0 saturated carbocycles. The summed E-state index contributed by atoms with van der Waals surface area (Å²) in [7, 11) is 2.08. The number of allylic oxidation sites excluding steroid dienone is 2. The van der Waals surface area contributed by atoms with Crippen molar-refractivity contribution in [1.29, 1.82) is 0 Å². The van der Waals surface area contributed by atoms with E-state index in [1.54, 1.807) is 0 Å². The Morgan fingerprint density at radius 1 is 1.04 bits per heavy atom. The lowest BCUT2D eigenvalue weighted by Gasteiger charge is -2.37. The van der Waals surface area contributed by atoms with Crippen LogP contribution in [0.4, 0.5) is 0 Å². The molecule has 1 aliphatic rings. The zero-order valence-corrected chi connectivity index (χ0v) is 15.0. The van der Waals surface area contributed by atoms with E-state index in [0.29, 0.717) is 0 Å². The number of aliphatic carboxylic acids is 2. The molecule has 0 aliphatic heterocycles. The molecule has 2 atom stereocenters. The van der Waals surface area contributed by atoms with Crippen LogP contribution < -0.4 is 0 Å². The molecule has 0 aromatic carbocycles. The van der Waals surface area contributed by atoms with Crippen LogP contribution in [0.5, 0.6) is 0 Å². The normalized spacial score (nSPS) is 24.3. The van der Waals surface area contributed by atoms with Crippen LogP contribution in [0.2, 0.25) is 0 Å². The SMILES string of the molecule is COC(=O)C1=C(C)C(C)=C(C(=O)O)C(C(=O)OC)C1(I)C(=O)O. The zero-order chi connectivity index (χ0) is 18.1. The van der Waals surface area contributed by atoms with Crippen molar-refractivity contribution in [2.45, 2.75) is 17.3 Å². The molecule has 126 valence electrons. The molecule has 0 radical (unpaired) electrons. The third kappa shape index (κ3) is 2.84. The van der Waals surface area contributed by atoms with Gasteiger partial charge in [0, 0.05) is 0 Å². The molecule has 2 N–H and O–H groups in total. The first-order valence-corrected chi connectivity index (χ1v) is 7.37. The number of carboxylic acids is 2. The maximum absolute atomic E-state index is 12.1. The number of esters is 2. The van der Waals surface area contributed by atoms with Crippen LogP contribution in [-0.4, -0.2) is 51.7 Å². The summed E-state index contributed by atoms with van der Waals surface area (Å²) >= 11 is 1.40. The summed E-state index contributed by atoms with van der Waals surface area (Å²) in [5.74, 6) is -6.70. The summed E-state index contributed by atoms with van der Waals surface area (Å²) in [5, 5.41) is 19.1. The van der Waals surface area contributed by atoms with Crippen molar-refractivity contribution in [3.63, 3.8) is 0 Å². The van der Waals surface area contributed by atoms with Crippen LogP contribution in [0.25, 0.3) is 0 Å². The Hall–Kier alpha value is -1.91. The molecule has 0 fully saturated rings. The summed E-state index contributed by atoms with van der Waals surface area (Å²) in [6.45, 7) is 2.81. The maximum atomic E-state index is 12.1. The van der Waals surface area contributed by atoms with Gasteiger partial charge < -0.3 is 19.7 Å². The van der Waals surface area contributed by atoms with E-state index in [1.165, 1.54) is 36.4 Å². The predicted molar refractivity (Wildman–Crippen MR) is 84.9 cm³/mol. The van der Waals surface area contributed by atoms with Crippen LogP contribution in [0.3, 0.4) is 0 Å². The van der Waals surface area contributed by atoms with Crippen molar-refractivity contribution < 1.29 is 38.9 Å². The molecule has 2 unspecified atom stereocenters. The average molecular weight is 438 g/mol. The van der Waals surface area contributed by atoms with Gasteiger partial charge in [0.25, 0.3) is 0 Å². The molecule has 0 bridgehead atoms. The minimum atomic E-state index is -2.16. The lowest BCUT2D eigenvalue weighted by atomic mass is 9.71. The Morgan fingerprint density at radius 2 is 1.57 bits per heavy atom. The van der Waals surface area contributed by atoms with Crippen molar-refractivity contribution in [3.8, 4) is 0 Å². The van der Waals surface area contributed by atoms with Crippen molar-refractivity contribution in [1.82, 2.24) is 0 Å². The third-order valence-electron chi connectivity index (χ3n) is 3.76. The number of methoxy groups -OCH3 is 2. The number of ether oxygens (including phenoxy) is 2. The van der Waals surface area contributed by atoms with Crippen molar-refractivity contribution >= 4 is 46.5 Å². The predicted octanol–water partition coefficient (Wildman–Crippen LogP) is 0.938. The topological polar surface area (TPSA) is 127 Å². The monoisotopic (exact) mass is 438 g/mol. The minimum Gasteiger partial charge on any atom is -0.480 e. The molecule has 8 nitrogen and oxygen atoms in total. The minimum absolute atomic E-state index is 0.127. The number of hydrogen-bond acceptors (Lipinski definition) is 6. The highest BCUT2D eigenvalue weighted by molar-refractivity contribution is 14.1. The van der Waals surface area contributed by atoms with Gasteiger partial charge in [-0.1, -0.05) is 22.6 Å². The van der Waals surface area contributed by atoms with Crippen LogP contribution in [0.1, 0.15) is 13.8 Å². The number of alkyl halides is 1. The lowest BCUT2D eigenvalue weighted by molar-refractivity contribution is -0.153. The number of rotatable bonds is 4. The first-order valence-electron chi connectivity index (χ1n) is 6.29. The average Bonchev–Trinajstić information content (AvgIpc) is 2.48. The van der Waals surface area contributed by atoms with Crippen molar-refractivity contribution in [3.05, 3.63) is 22.3 Å². The second-order valence-corrected chi connectivity index (χ2v) is 6.51. The summed E-state index contributed by atoms with van der Waals surface area (Å²) in [4.78, 5) is 47.7. The Bertz CT molecular complexity index is 660. The van der Waals surface area contributed by atoms with E-state index in [1.807, 2.05) is 0 Å². The highest BCUT2D eigenvalue weighted by atomic mass is 127. The molecule has 1 rings (SSSR count). The van der Waals surface area contributed by atoms with Gasteiger partial charge >= 0.3 is 23.9 Å². The van der Waals surface area contributed by atoms with Gasteiger partial charge in [-0.25, -0.2) is 9.59 Å². The fourth-order valence-electron chi connectivity index (χ4n) is 2.54. The van der Waals surface area contributed by atoms with Crippen LogP contribution in [0.15, 0.2) is 22.3 Å². The lowest BCUT2D eigenvalue weighted by Crippen LogP contribution is -2.52. The van der Waals surface area contributed by atoms with Gasteiger partial charge in [-0.15, -0.1) is 0 Å². The number of carboxylic acid groups (broad SMARTS) is 2. The first kappa shape index (κ1) is 19.1. The van der Waals surface area contributed by atoms with Gasteiger partial charge in [-0.05, 0) is 25.0 Å². The molecular weight excluding hydrogens is 423 g/mol. The standard InChI is InChI=1S/C14H15IO8/c1-5-6(2)8(11(18)22-3)14(15,13(20)21)9(12(19)23-4)7(5)10(16)17/h9H,1-4H3,(H,16,17)(H,20,21). The van der Waals surface area contributed by atoms with Gasteiger partial charge in [-0.2, -0.15) is 0 Å². The van der Waals surface area contributed by atoms with E-state index >= 15 is 0 Å². The Labute approximate surface area is 145 Å². The van der Waals surface area contributed by atoms with Gasteiger partial charge in [0.2, 0.25) is 0 Å². The smallest absolute Gasteiger partial charge is 0.336 e. The number of hydrogen-bond donors (Lipinski definition) is 2. The summed E-state index contributed by atoms with van der Waals surface area (Å²) in [6.07, 6.45) is 0. The second-order valence-electron chi connectivity index (χ2n) is 4.81. The molecule has 0 heterocycles. The van der Waals surface area contributed by atoms with E-state index in [-0.39, 0.29) is 16.7 Å². The van der Waals surface area contributed by atoms with Crippen LogP contribution >= 0.6 is 22.6 Å². The number of carbonyl (C=O) groups is 4. The van der Waals surface area contributed by atoms with E-state index in [0.717, 1.165) is 14.2 Å². The fraction of sp³-hybridized carbons (Fsp3) is 0.429. The molecule has 1 aliphatic carbocycles. The highest BCUT2D eigenvalue weighted by Gasteiger charge is 2.59. The third-order valence-corrected chi connectivity index (χ3v) is 5.38. The van der Waals surface area contributed by atoms with Crippen molar-refractivity contribution in [2.75, 3.05) is 14.2 Å². The van der Waals surface area contributed by atoms with Crippen LogP contribution in [0, 0.1) is 5.92 Å². The number of carbonyl (C=O) groups excluding carboxylic acids is 2. The van der Waals surface area contributed by atoms with E-state index in [9.17, 15) is 29.4 Å². The molecular formula is C14H15IO8. The zero-order valence-electron chi connectivity index (χ0n) is 12.8. The molecule has 0 aromatic rings. The summed E-state index contributed by atoms with van der Waals surface area (Å²) < 4.78 is 7.05. The fourth-order valence-corrected chi connectivity index (χ4v) is 3.73. The Balaban J connectivity index is 3.94. The van der Waals surface area contributed by atoms with E-state index in [4.69, 9.17) is 0 Å². The molecule has 9 heteroatoms. The highest BCUT2D eigenvalue weighted by Crippen LogP contribution is 2.48. The maximum Gasteiger partial charge on any atom is 0.336 e. The van der Waals surface area contributed by atoms with E-state index in [2.05, 4.69) is 9.47 Å². The van der Waals surface area contributed by atoms with Crippen LogP contribution in [-0.2, 0) is 28.7 Å². The summed E-state index contributed by atoms with van der Waals surface area (Å²) in [6, 6.07) is 0. The van der Waals surface area contributed by atoms with Crippen molar-refractivity contribution in [2.24, 2.45) is 5.92 Å². The molecule has 23 heavy (non-hydrogen) atoms. The quantitative estimate of drug-likeness (QED) is 0.377. The van der Waals surface area contributed by atoms with Gasteiger partial charge in [0.05, 0.1) is 25.4 Å².